The Labute approximate surface area is 76.7 Å². The van der Waals surface area contributed by atoms with Crippen LogP contribution in [0.5, 0.6) is 0 Å². The molecule has 0 aliphatic rings. The topological polar surface area (TPSA) is 72.5 Å². The third kappa shape index (κ3) is 7.89. The van der Waals surface area contributed by atoms with Gasteiger partial charge in [0, 0.05) is 16.0 Å². The van der Waals surface area contributed by atoms with Gasteiger partial charge in [0.2, 0.25) is 0 Å². The highest BCUT2D eigenvalue weighted by molar-refractivity contribution is 9.09. The number of nitrogens with one attached hydrogen (secondary N) is 1. The van der Waals surface area contributed by atoms with E-state index < -0.39 is 15.3 Å². The van der Waals surface area contributed by atoms with Crippen molar-refractivity contribution in [1.29, 1.82) is 0 Å². The fourth-order valence-corrected chi connectivity index (χ4v) is 0.869. The van der Waals surface area contributed by atoms with Gasteiger partial charge in [0.15, 0.2) is 0 Å². The Hall–Kier alpha value is -0.0100. The van der Waals surface area contributed by atoms with Gasteiger partial charge < -0.3 is 4.74 Å². The van der Waals surface area contributed by atoms with Crippen molar-refractivity contribution in [3.63, 3.8) is 0 Å². The minimum atomic E-state index is -4.02. The van der Waals surface area contributed by atoms with E-state index in [1.165, 1.54) is 4.72 Å². The van der Waals surface area contributed by atoms with Gasteiger partial charge in [0.1, 0.15) is 6.61 Å². The van der Waals surface area contributed by atoms with E-state index in [2.05, 4.69) is 31.3 Å². The van der Waals surface area contributed by atoms with Crippen LogP contribution in [0.15, 0.2) is 0 Å². The molecular weight excluding hydrogens is 261 g/mol. The second-order valence-electron chi connectivity index (χ2n) is 1.36. The minimum Gasteiger partial charge on any atom is -0.448 e. The van der Waals surface area contributed by atoms with Gasteiger partial charge in [-0.25, -0.2) is 9.52 Å². The molecule has 0 aromatic rings. The summed E-state index contributed by atoms with van der Waals surface area (Å²) in [5, 5.41) is 0.433. The predicted molar refractivity (Wildman–Crippen MR) is 43.1 cm³/mol. The quantitative estimate of drug-likeness (QED) is 0.599. The average Bonchev–Trinajstić information content (AvgIpc) is 1.79. The van der Waals surface area contributed by atoms with Crippen molar-refractivity contribution >= 4 is 41.9 Å². The molecule has 0 saturated carbocycles. The van der Waals surface area contributed by atoms with Crippen molar-refractivity contribution in [1.82, 2.24) is 4.72 Å². The maximum absolute atomic E-state index is 10.4. The summed E-state index contributed by atoms with van der Waals surface area (Å²) in [7, 11) is 0.634. The zero-order valence-electron chi connectivity index (χ0n) is 5.21. The van der Waals surface area contributed by atoms with Gasteiger partial charge in [-0.3, -0.25) is 0 Å². The van der Waals surface area contributed by atoms with Crippen LogP contribution >= 0.6 is 26.6 Å². The SMILES string of the molecule is O=C(NS(=O)(=O)Cl)OCCBr. The molecule has 1 N–H and O–H groups in total. The molecule has 66 valence electrons. The number of carbonyl (C=O) groups excluding carboxylic acids is 1. The van der Waals surface area contributed by atoms with E-state index >= 15 is 0 Å². The number of ether oxygens (including phenoxy) is 1. The smallest absolute Gasteiger partial charge is 0.421 e. The molecule has 0 spiro atoms. The van der Waals surface area contributed by atoms with Gasteiger partial charge in [0.25, 0.3) is 0 Å². The summed E-state index contributed by atoms with van der Waals surface area (Å²) in [5.74, 6) is 0. The Bertz CT molecular complexity index is 227. The summed E-state index contributed by atoms with van der Waals surface area (Å²) in [6.45, 7) is 0.0816. The number of rotatable bonds is 3. The monoisotopic (exact) mass is 265 g/mol. The molecule has 0 saturated heterocycles. The van der Waals surface area contributed by atoms with Crippen LogP contribution in [0.25, 0.3) is 0 Å². The molecule has 0 aliphatic carbocycles. The third-order valence-electron chi connectivity index (χ3n) is 0.516. The first-order valence-corrected chi connectivity index (χ1v) is 5.84. The van der Waals surface area contributed by atoms with Crippen LogP contribution in [0.1, 0.15) is 0 Å². The fourth-order valence-electron chi connectivity index (χ4n) is 0.260. The number of hydrogen-bond donors (Lipinski definition) is 1. The van der Waals surface area contributed by atoms with Crippen molar-refractivity contribution in [3.8, 4) is 0 Å². The van der Waals surface area contributed by atoms with Crippen LogP contribution in [0.2, 0.25) is 0 Å². The van der Waals surface area contributed by atoms with E-state index in [1.807, 2.05) is 0 Å². The lowest BCUT2D eigenvalue weighted by molar-refractivity contribution is 0.160. The molecule has 0 fully saturated rings. The zero-order chi connectivity index (χ0) is 8.91. The highest BCUT2D eigenvalue weighted by atomic mass is 79.9. The van der Waals surface area contributed by atoms with Crippen molar-refractivity contribution in [2.75, 3.05) is 11.9 Å². The van der Waals surface area contributed by atoms with E-state index in [-0.39, 0.29) is 6.61 Å². The largest absolute Gasteiger partial charge is 0.448 e. The Kier molecular flexibility index (Phi) is 4.78. The molecule has 0 radical (unpaired) electrons. The van der Waals surface area contributed by atoms with Crippen LogP contribution < -0.4 is 4.72 Å². The maximum atomic E-state index is 10.4. The predicted octanol–water partition coefficient (Wildman–Crippen LogP) is 0.591. The molecule has 0 heterocycles. The summed E-state index contributed by atoms with van der Waals surface area (Å²) in [6.07, 6.45) is -1.08. The number of amides is 1. The van der Waals surface area contributed by atoms with Crippen LogP contribution in [0, 0.1) is 0 Å². The highest BCUT2D eigenvalue weighted by Gasteiger charge is 2.10. The van der Waals surface area contributed by atoms with E-state index in [0.29, 0.717) is 5.33 Å². The highest BCUT2D eigenvalue weighted by Crippen LogP contribution is 1.91. The van der Waals surface area contributed by atoms with Crippen LogP contribution in [0.3, 0.4) is 0 Å². The lowest BCUT2D eigenvalue weighted by Gasteiger charge is -2.00. The second kappa shape index (κ2) is 4.78. The average molecular weight is 266 g/mol. The fraction of sp³-hybridized carbons (Fsp3) is 0.667. The van der Waals surface area contributed by atoms with E-state index in [4.69, 9.17) is 0 Å². The Morgan fingerprint density at radius 3 is 2.55 bits per heavy atom. The van der Waals surface area contributed by atoms with E-state index in [1.54, 1.807) is 0 Å². The normalized spacial score (nSPS) is 10.7. The second-order valence-corrected chi connectivity index (χ2v) is 4.46. The van der Waals surface area contributed by atoms with Crippen LogP contribution in [0.4, 0.5) is 4.79 Å². The molecule has 0 aliphatic heterocycles. The summed E-state index contributed by atoms with van der Waals surface area (Å²) >= 11 is 2.97. The molecule has 5 nitrogen and oxygen atoms in total. The summed E-state index contributed by atoms with van der Waals surface area (Å²) in [6, 6.07) is 0. The van der Waals surface area contributed by atoms with E-state index in [9.17, 15) is 13.2 Å². The number of halogens is 2. The Balaban J connectivity index is 3.71. The molecule has 1 amide bonds. The lowest BCUT2D eigenvalue weighted by atomic mass is 10.9. The molecule has 8 heteroatoms. The van der Waals surface area contributed by atoms with Gasteiger partial charge in [-0.05, 0) is 0 Å². The summed E-state index contributed by atoms with van der Waals surface area (Å²) in [5.41, 5.74) is 0. The molecule has 0 aromatic heterocycles. The summed E-state index contributed by atoms with van der Waals surface area (Å²) < 4.78 is 26.0. The lowest BCUT2D eigenvalue weighted by Crippen LogP contribution is -2.27. The van der Waals surface area contributed by atoms with E-state index in [0.717, 1.165) is 0 Å². The number of alkyl halides is 1. The Morgan fingerprint density at radius 1 is 1.64 bits per heavy atom. The first kappa shape index (κ1) is 11.0. The van der Waals surface area contributed by atoms with Crippen LogP contribution in [-0.2, 0) is 14.0 Å². The minimum absolute atomic E-state index is 0.0816. The number of carbonyl (C=O) groups is 1. The van der Waals surface area contributed by atoms with Gasteiger partial charge in [-0.1, -0.05) is 15.9 Å². The molecule has 11 heavy (non-hydrogen) atoms. The molecule has 0 unspecified atom stereocenters. The maximum Gasteiger partial charge on any atom is 0.421 e. The summed E-state index contributed by atoms with van der Waals surface area (Å²) in [4.78, 5) is 10.4. The molecule has 0 bridgehead atoms. The van der Waals surface area contributed by atoms with Crippen LogP contribution in [-0.4, -0.2) is 26.4 Å². The molecular formula is C3H5BrClNO4S. The first-order chi connectivity index (χ1) is 4.95. The van der Waals surface area contributed by atoms with Gasteiger partial charge >= 0.3 is 15.3 Å². The van der Waals surface area contributed by atoms with Gasteiger partial charge in [-0.2, -0.15) is 8.42 Å². The third-order valence-corrected chi connectivity index (χ3v) is 1.48. The molecule has 0 atom stereocenters. The zero-order valence-corrected chi connectivity index (χ0v) is 8.37. The standard InChI is InChI=1S/C3H5BrClNO4S/c4-1-2-10-3(7)6-11(5,8)9/h1-2H2,(H,6,7). The first-order valence-electron chi connectivity index (χ1n) is 2.41. The van der Waals surface area contributed by atoms with Gasteiger partial charge in [-0.15, -0.1) is 0 Å². The number of hydrogen-bond acceptors (Lipinski definition) is 4. The molecule has 0 aromatic carbocycles. The van der Waals surface area contributed by atoms with Crippen molar-refractivity contribution in [2.45, 2.75) is 0 Å². The van der Waals surface area contributed by atoms with Crippen molar-refractivity contribution in [2.24, 2.45) is 0 Å². The Morgan fingerprint density at radius 2 is 2.18 bits per heavy atom. The van der Waals surface area contributed by atoms with Gasteiger partial charge in [0.05, 0.1) is 0 Å². The van der Waals surface area contributed by atoms with Crippen molar-refractivity contribution < 1.29 is 17.9 Å². The van der Waals surface area contributed by atoms with Crippen molar-refractivity contribution in [3.05, 3.63) is 0 Å². The molecule has 0 rings (SSSR count).